The molecule has 17 heavy (non-hydrogen) atoms. The Hall–Kier alpha value is -1.87. The topological polar surface area (TPSA) is 35.2 Å². The van der Waals surface area contributed by atoms with E-state index in [-0.39, 0.29) is 11.6 Å². The lowest BCUT2D eigenvalue weighted by Gasteiger charge is -2.08. The molecule has 0 atom stereocenters. The third kappa shape index (κ3) is 2.29. The first-order valence-corrected chi connectivity index (χ1v) is 5.38. The summed E-state index contributed by atoms with van der Waals surface area (Å²) >= 11 is 0. The minimum absolute atomic E-state index is 0.251. The average molecular weight is 231 g/mol. The molecule has 2 N–H and O–H groups in total. The Labute approximate surface area is 99.8 Å². The Morgan fingerprint density at radius 2 is 1.94 bits per heavy atom. The zero-order valence-corrected chi connectivity index (χ0v) is 9.61. The van der Waals surface area contributed by atoms with Gasteiger partial charge in [0.15, 0.2) is 11.6 Å². The fraction of sp³-hybridized carbons (Fsp3) is 0.143. The van der Waals surface area contributed by atoms with Crippen LogP contribution in [0.25, 0.3) is 11.1 Å². The highest BCUT2D eigenvalue weighted by Crippen LogP contribution is 2.29. The molecule has 0 bridgehead atoms. The smallest absolute Gasteiger partial charge is 0.172 e. The molecule has 0 heterocycles. The molecule has 0 aliphatic rings. The SMILES string of the molecule is COc1cccc(-c2cccc(CN)c2)c1F. The molecule has 0 saturated heterocycles. The van der Waals surface area contributed by atoms with Gasteiger partial charge < -0.3 is 10.5 Å². The number of nitrogens with two attached hydrogens (primary N) is 1. The van der Waals surface area contributed by atoms with Crippen molar-refractivity contribution in [1.82, 2.24) is 0 Å². The van der Waals surface area contributed by atoms with Gasteiger partial charge in [0.2, 0.25) is 0 Å². The molecule has 0 fully saturated rings. The van der Waals surface area contributed by atoms with Crippen LogP contribution in [-0.4, -0.2) is 7.11 Å². The fourth-order valence-corrected chi connectivity index (χ4v) is 1.76. The summed E-state index contributed by atoms with van der Waals surface area (Å²) in [6.07, 6.45) is 0. The van der Waals surface area contributed by atoms with Gasteiger partial charge in [0.25, 0.3) is 0 Å². The maximum Gasteiger partial charge on any atom is 0.172 e. The van der Waals surface area contributed by atoms with Crippen LogP contribution in [0.3, 0.4) is 0 Å². The Kier molecular flexibility index (Phi) is 3.40. The van der Waals surface area contributed by atoms with E-state index in [0.29, 0.717) is 12.1 Å². The van der Waals surface area contributed by atoms with Crippen molar-refractivity contribution in [3.63, 3.8) is 0 Å². The van der Waals surface area contributed by atoms with Crippen molar-refractivity contribution < 1.29 is 9.13 Å². The van der Waals surface area contributed by atoms with Crippen LogP contribution in [0.1, 0.15) is 5.56 Å². The predicted molar refractivity (Wildman–Crippen MR) is 66.3 cm³/mol. The molecule has 2 aromatic rings. The van der Waals surface area contributed by atoms with Gasteiger partial charge in [-0.15, -0.1) is 0 Å². The molecule has 0 radical (unpaired) electrons. The second kappa shape index (κ2) is 4.97. The van der Waals surface area contributed by atoms with Gasteiger partial charge in [-0.05, 0) is 23.3 Å². The van der Waals surface area contributed by atoms with Crippen molar-refractivity contribution in [3.8, 4) is 16.9 Å². The number of methoxy groups -OCH3 is 1. The van der Waals surface area contributed by atoms with E-state index < -0.39 is 0 Å². The van der Waals surface area contributed by atoms with Gasteiger partial charge in [-0.2, -0.15) is 0 Å². The maximum atomic E-state index is 14.0. The number of halogens is 1. The molecule has 2 aromatic carbocycles. The largest absolute Gasteiger partial charge is 0.494 e. The predicted octanol–water partition coefficient (Wildman–Crippen LogP) is 2.96. The normalized spacial score (nSPS) is 10.3. The summed E-state index contributed by atoms with van der Waals surface area (Å²) < 4.78 is 19.0. The monoisotopic (exact) mass is 231 g/mol. The van der Waals surface area contributed by atoms with Crippen molar-refractivity contribution in [2.24, 2.45) is 5.73 Å². The molecule has 3 heteroatoms. The van der Waals surface area contributed by atoms with Crippen LogP contribution in [0, 0.1) is 5.82 Å². The minimum atomic E-state index is -0.343. The van der Waals surface area contributed by atoms with Crippen LogP contribution < -0.4 is 10.5 Å². The first kappa shape index (κ1) is 11.6. The first-order valence-electron chi connectivity index (χ1n) is 5.38. The third-order valence-corrected chi connectivity index (χ3v) is 2.66. The van der Waals surface area contributed by atoms with Crippen molar-refractivity contribution in [3.05, 3.63) is 53.8 Å². The Balaban J connectivity index is 2.52. The van der Waals surface area contributed by atoms with E-state index in [1.807, 2.05) is 24.3 Å². The van der Waals surface area contributed by atoms with E-state index in [9.17, 15) is 4.39 Å². The summed E-state index contributed by atoms with van der Waals surface area (Å²) in [6, 6.07) is 12.6. The van der Waals surface area contributed by atoms with E-state index in [0.717, 1.165) is 11.1 Å². The highest BCUT2D eigenvalue weighted by molar-refractivity contribution is 5.66. The van der Waals surface area contributed by atoms with Crippen molar-refractivity contribution in [2.45, 2.75) is 6.54 Å². The molecule has 0 aliphatic heterocycles. The minimum Gasteiger partial charge on any atom is -0.494 e. The van der Waals surface area contributed by atoms with E-state index in [1.165, 1.54) is 7.11 Å². The number of rotatable bonds is 3. The molecule has 88 valence electrons. The van der Waals surface area contributed by atoms with Gasteiger partial charge in [-0.3, -0.25) is 0 Å². The number of benzene rings is 2. The van der Waals surface area contributed by atoms with E-state index in [4.69, 9.17) is 10.5 Å². The molecule has 0 saturated carbocycles. The highest BCUT2D eigenvalue weighted by Gasteiger charge is 2.10. The lowest BCUT2D eigenvalue weighted by atomic mass is 10.0. The quantitative estimate of drug-likeness (QED) is 0.881. The number of hydrogen-bond donors (Lipinski definition) is 1. The van der Waals surface area contributed by atoms with Crippen LogP contribution in [-0.2, 0) is 6.54 Å². The zero-order chi connectivity index (χ0) is 12.3. The van der Waals surface area contributed by atoms with E-state index in [1.54, 1.807) is 18.2 Å². The molecular weight excluding hydrogens is 217 g/mol. The average Bonchev–Trinajstić information content (AvgIpc) is 2.39. The van der Waals surface area contributed by atoms with Gasteiger partial charge in [0.1, 0.15) is 0 Å². The second-order valence-corrected chi connectivity index (χ2v) is 3.73. The van der Waals surface area contributed by atoms with Crippen LogP contribution in [0.15, 0.2) is 42.5 Å². The molecule has 2 rings (SSSR count). The fourth-order valence-electron chi connectivity index (χ4n) is 1.76. The van der Waals surface area contributed by atoms with Crippen LogP contribution in [0.4, 0.5) is 4.39 Å². The van der Waals surface area contributed by atoms with Crippen molar-refractivity contribution in [1.29, 1.82) is 0 Å². The van der Waals surface area contributed by atoms with Crippen LogP contribution in [0.2, 0.25) is 0 Å². The molecule has 0 amide bonds. The summed E-state index contributed by atoms with van der Waals surface area (Å²) in [6.45, 7) is 0.444. The molecular formula is C14H14FNO. The summed E-state index contributed by atoms with van der Waals surface area (Å²) in [7, 11) is 1.46. The van der Waals surface area contributed by atoms with Crippen molar-refractivity contribution in [2.75, 3.05) is 7.11 Å². The Morgan fingerprint density at radius 3 is 2.65 bits per heavy atom. The summed E-state index contributed by atoms with van der Waals surface area (Å²) in [5.41, 5.74) is 7.89. The van der Waals surface area contributed by atoms with Crippen LogP contribution >= 0.6 is 0 Å². The number of hydrogen-bond acceptors (Lipinski definition) is 2. The standard InChI is InChI=1S/C14H14FNO/c1-17-13-7-3-6-12(14(13)15)11-5-2-4-10(8-11)9-16/h2-8H,9,16H2,1H3. The molecule has 0 aromatic heterocycles. The summed E-state index contributed by atoms with van der Waals surface area (Å²) in [4.78, 5) is 0. The highest BCUT2D eigenvalue weighted by atomic mass is 19.1. The van der Waals surface area contributed by atoms with Gasteiger partial charge in [-0.1, -0.05) is 30.3 Å². The van der Waals surface area contributed by atoms with Gasteiger partial charge in [0, 0.05) is 12.1 Å². The second-order valence-electron chi connectivity index (χ2n) is 3.73. The van der Waals surface area contributed by atoms with Gasteiger partial charge in [-0.25, -0.2) is 4.39 Å². The number of ether oxygens (including phenoxy) is 1. The first-order chi connectivity index (χ1) is 8.26. The van der Waals surface area contributed by atoms with Gasteiger partial charge in [0.05, 0.1) is 7.11 Å². The maximum absolute atomic E-state index is 14.0. The zero-order valence-electron chi connectivity index (χ0n) is 9.61. The van der Waals surface area contributed by atoms with Crippen LogP contribution in [0.5, 0.6) is 5.75 Å². The van der Waals surface area contributed by atoms with Crippen molar-refractivity contribution >= 4 is 0 Å². The lowest BCUT2D eigenvalue weighted by Crippen LogP contribution is -1.96. The molecule has 0 spiro atoms. The lowest BCUT2D eigenvalue weighted by molar-refractivity contribution is 0.387. The summed E-state index contributed by atoms with van der Waals surface area (Å²) in [5.74, 6) is -0.0928. The third-order valence-electron chi connectivity index (χ3n) is 2.66. The molecule has 2 nitrogen and oxygen atoms in total. The van der Waals surface area contributed by atoms with E-state index >= 15 is 0 Å². The Morgan fingerprint density at radius 1 is 1.18 bits per heavy atom. The summed E-state index contributed by atoms with van der Waals surface area (Å²) in [5, 5.41) is 0. The van der Waals surface area contributed by atoms with E-state index in [2.05, 4.69) is 0 Å². The Bertz CT molecular complexity index is 525. The van der Waals surface area contributed by atoms with Gasteiger partial charge >= 0.3 is 0 Å². The molecule has 0 unspecified atom stereocenters. The molecule has 0 aliphatic carbocycles.